The van der Waals surface area contributed by atoms with E-state index in [0.717, 1.165) is 18.4 Å². The molecular formula is C13H13F2NO. The fraction of sp³-hybridized carbons (Fsp3) is 0.231. The molecule has 0 aliphatic carbocycles. The maximum absolute atomic E-state index is 13.5. The molecule has 0 aliphatic heterocycles. The quantitative estimate of drug-likeness (QED) is 0.882. The maximum atomic E-state index is 13.5. The summed E-state index contributed by atoms with van der Waals surface area (Å²) in [5.74, 6) is -0.0685. The molecule has 0 saturated carbocycles. The van der Waals surface area contributed by atoms with Gasteiger partial charge in [-0.15, -0.1) is 0 Å². The summed E-state index contributed by atoms with van der Waals surface area (Å²) in [6.45, 7) is 3.42. The molecule has 17 heavy (non-hydrogen) atoms. The van der Waals surface area contributed by atoms with Crippen molar-refractivity contribution in [3.63, 3.8) is 0 Å². The van der Waals surface area contributed by atoms with Gasteiger partial charge in [-0.25, -0.2) is 8.78 Å². The van der Waals surface area contributed by atoms with Crippen molar-refractivity contribution in [2.75, 3.05) is 6.54 Å². The zero-order valence-electron chi connectivity index (χ0n) is 9.47. The lowest BCUT2D eigenvalue weighted by Gasteiger charge is -2.00. The highest BCUT2D eigenvalue weighted by molar-refractivity contribution is 5.58. The first-order chi connectivity index (χ1) is 8.20. The number of halogens is 2. The van der Waals surface area contributed by atoms with Gasteiger partial charge in [-0.2, -0.15) is 0 Å². The van der Waals surface area contributed by atoms with Gasteiger partial charge in [0.05, 0.1) is 12.1 Å². The van der Waals surface area contributed by atoms with E-state index in [0.29, 0.717) is 12.3 Å². The molecule has 0 atom stereocenters. The fourth-order valence-corrected chi connectivity index (χ4v) is 1.56. The second kappa shape index (κ2) is 5.10. The second-order valence-corrected chi connectivity index (χ2v) is 3.67. The average Bonchev–Trinajstić information content (AvgIpc) is 2.75. The van der Waals surface area contributed by atoms with E-state index in [1.807, 2.05) is 6.92 Å². The zero-order chi connectivity index (χ0) is 12.3. The van der Waals surface area contributed by atoms with Gasteiger partial charge in [-0.05, 0) is 30.8 Å². The van der Waals surface area contributed by atoms with Gasteiger partial charge >= 0.3 is 0 Å². The highest BCUT2D eigenvalue weighted by Crippen LogP contribution is 2.25. The Morgan fingerprint density at radius 3 is 2.71 bits per heavy atom. The Morgan fingerprint density at radius 1 is 1.18 bits per heavy atom. The van der Waals surface area contributed by atoms with Crippen LogP contribution in [0.4, 0.5) is 8.78 Å². The smallest absolute Gasteiger partial charge is 0.137 e. The molecule has 0 saturated heterocycles. The first kappa shape index (κ1) is 11.8. The van der Waals surface area contributed by atoms with E-state index in [2.05, 4.69) is 5.32 Å². The molecule has 0 amide bonds. The average molecular weight is 237 g/mol. The van der Waals surface area contributed by atoms with Crippen LogP contribution in [0, 0.1) is 11.6 Å². The Morgan fingerprint density at radius 2 is 2.00 bits per heavy atom. The van der Waals surface area contributed by atoms with Gasteiger partial charge in [0.1, 0.15) is 23.2 Å². The third-order valence-electron chi connectivity index (χ3n) is 2.41. The van der Waals surface area contributed by atoms with Crippen molar-refractivity contribution in [3.8, 4) is 11.3 Å². The van der Waals surface area contributed by atoms with Crippen LogP contribution in [0.3, 0.4) is 0 Å². The number of nitrogens with one attached hydrogen (secondary N) is 1. The van der Waals surface area contributed by atoms with Crippen molar-refractivity contribution in [1.29, 1.82) is 0 Å². The Labute approximate surface area is 98.3 Å². The normalized spacial score (nSPS) is 10.8. The van der Waals surface area contributed by atoms with E-state index in [4.69, 9.17) is 4.42 Å². The van der Waals surface area contributed by atoms with Gasteiger partial charge in [0.2, 0.25) is 0 Å². The number of hydrogen-bond donors (Lipinski definition) is 1. The molecule has 0 bridgehead atoms. The summed E-state index contributed by atoms with van der Waals surface area (Å²) in [6.07, 6.45) is 0. The maximum Gasteiger partial charge on any atom is 0.137 e. The third-order valence-corrected chi connectivity index (χ3v) is 2.41. The molecule has 4 heteroatoms. The second-order valence-electron chi connectivity index (χ2n) is 3.67. The van der Waals surface area contributed by atoms with Crippen molar-refractivity contribution in [3.05, 3.63) is 47.7 Å². The minimum absolute atomic E-state index is 0.272. The van der Waals surface area contributed by atoms with Gasteiger partial charge < -0.3 is 9.73 Å². The van der Waals surface area contributed by atoms with Crippen LogP contribution in [-0.4, -0.2) is 6.54 Å². The van der Waals surface area contributed by atoms with E-state index in [-0.39, 0.29) is 5.56 Å². The first-order valence-electron chi connectivity index (χ1n) is 5.45. The Hall–Kier alpha value is -1.68. The molecule has 0 radical (unpaired) electrons. The molecule has 1 heterocycles. The van der Waals surface area contributed by atoms with Gasteiger partial charge in [-0.3, -0.25) is 0 Å². The fourth-order valence-electron chi connectivity index (χ4n) is 1.56. The summed E-state index contributed by atoms with van der Waals surface area (Å²) in [6, 6.07) is 6.90. The van der Waals surface area contributed by atoms with Crippen molar-refractivity contribution in [2.24, 2.45) is 0 Å². The van der Waals surface area contributed by atoms with Crippen LogP contribution in [0.1, 0.15) is 12.7 Å². The van der Waals surface area contributed by atoms with Crippen LogP contribution in [-0.2, 0) is 6.54 Å². The Balaban J connectivity index is 2.24. The topological polar surface area (TPSA) is 25.2 Å². The lowest BCUT2D eigenvalue weighted by atomic mass is 10.1. The lowest BCUT2D eigenvalue weighted by molar-refractivity contribution is 0.494. The molecule has 2 aromatic rings. The first-order valence-corrected chi connectivity index (χ1v) is 5.45. The predicted molar refractivity (Wildman–Crippen MR) is 61.4 cm³/mol. The monoisotopic (exact) mass is 237 g/mol. The molecule has 1 aromatic heterocycles. The summed E-state index contributed by atoms with van der Waals surface area (Å²) in [5, 5.41) is 3.11. The molecular weight excluding hydrogens is 224 g/mol. The van der Waals surface area contributed by atoms with E-state index in [9.17, 15) is 8.78 Å². The van der Waals surface area contributed by atoms with Gasteiger partial charge in [0, 0.05) is 6.07 Å². The summed E-state index contributed by atoms with van der Waals surface area (Å²) < 4.78 is 31.7. The predicted octanol–water partition coefficient (Wildman–Crippen LogP) is 3.33. The molecule has 1 aromatic carbocycles. The Bertz CT molecular complexity index is 508. The van der Waals surface area contributed by atoms with Gasteiger partial charge in [0.25, 0.3) is 0 Å². The SMILES string of the molecule is CCNCc1ccc(-c2ccc(F)cc2F)o1. The summed E-state index contributed by atoms with van der Waals surface area (Å²) in [4.78, 5) is 0. The zero-order valence-corrected chi connectivity index (χ0v) is 9.47. The molecule has 0 fully saturated rings. The molecule has 0 spiro atoms. The van der Waals surface area contributed by atoms with Crippen LogP contribution < -0.4 is 5.32 Å². The highest BCUT2D eigenvalue weighted by Gasteiger charge is 2.10. The molecule has 0 aliphatic rings. The van der Waals surface area contributed by atoms with E-state index < -0.39 is 11.6 Å². The molecule has 2 rings (SSSR count). The van der Waals surface area contributed by atoms with Crippen molar-refractivity contribution in [2.45, 2.75) is 13.5 Å². The molecule has 1 N–H and O–H groups in total. The van der Waals surface area contributed by atoms with E-state index in [1.165, 1.54) is 12.1 Å². The molecule has 90 valence electrons. The number of benzene rings is 1. The standard InChI is InChI=1S/C13H13F2NO/c1-2-16-8-10-4-6-13(17-10)11-5-3-9(14)7-12(11)15/h3-7,16H,2,8H2,1H3. The molecule has 2 nitrogen and oxygen atoms in total. The van der Waals surface area contributed by atoms with E-state index in [1.54, 1.807) is 12.1 Å². The van der Waals surface area contributed by atoms with Crippen LogP contribution in [0.5, 0.6) is 0 Å². The number of hydrogen-bond acceptors (Lipinski definition) is 2. The number of rotatable bonds is 4. The Kier molecular flexibility index (Phi) is 3.54. The summed E-state index contributed by atoms with van der Waals surface area (Å²) in [5.41, 5.74) is 0.272. The third kappa shape index (κ3) is 2.71. The summed E-state index contributed by atoms with van der Waals surface area (Å²) >= 11 is 0. The summed E-state index contributed by atoms with van der Waals surface area (Å²) in [7, 11) is 0. The largest absolute Gasteiger partial charge is 0.460 e. The lowest BCUT2D eigenvalue weighted by Crippen LogP contribution is -2.10. The van der Waals surface area contributed by atoms with Crippen molar-refractivity contribution < 1.29 is 13.2 Å². The highest BCUT2D eigenvalue weighted by atomic mass is 19.1. The van der Waals surface area contributed by atoms with Gasteiger partial charge in [-0.1, -0.05) is 6.92 Å². The molecule has 0 unspecified atom stereocenters. The van der Waals surface area contributed by atoms with Crippen LogP contribution in [0.25, 0.3) is 11.3 Å². The van der Waals surface area contributed by atoms with Crippen molar-refractivity contribution in [1.82, 2.24) is 5.32 Å². The van der Waals surface area contributed by atoms with Crippen LogP contribution in [0.15, 0.2) is 34.7 Å². The van der Waals surface area contributed by atoms with Crippen LogP contribution >= 0.6 is 0 Å². The van der Waals surface area contributed by atoms with Gasteiger partial charge in [0.15, 0.2) is 0 Å². The van der Waals surface area contributed by atoms with Crippen LogP contribution in [0.2, 0.25) is 0 Å². The minimum Gasteiger partial charge on any atom is -0.460 e. The van der Waals surface area contributed by atoms with Crippen molar-refractivity contribution >= 4 is 0 Å². The van der Waals surface area contributed by atoms with E-state index >= 15 is 0 Å². The number of furan rings is 1. The minimum atomic E-state index is -0.616.